The highest BCUT2D eigenvalue weighted by Crippen LogP contribution is 2.68. The number of rotatable bonds is 1. The van der Waals surface area contributed by atoms with Gasteiger partial charge in [-0.05, 0) is 109 Å². The number of aromatic hydroxyl groups is 1. The second-order valence-corrected chi connectivity index (χ2v) is 11.9. The molecule has 0 radical (unpaired) electrons. The van der Waals surface area contributed by atoms with Crippen LogP contribution < -0.4 is 5.32 Å². The van der Waals surface area contributed by atoms with Gasteiger partial charge in [-0.15, -0.1) is 0 Å². The maximum absolute atomic E-state index is 12.1. The van der Waals surface area contributed by atoms with Gasteiger partial charge in [-0.3, -0.25) is 4.79 Å². The minimum Gasteiger partial charge on any atom is -0.508 e. The Morgan fingerprint density at radius 2 is 1.83 bits per heavy atom. The van der Waals surface area contributed by atoms with Gasteiger partial charge >= 0.3 is 0 Å². The average molecular weight is 430 g/mol. The Morgan fingerprint density at radius 3 is 2.60 bits per heavy atom. The molecule has 30 heavy (non-hydrogen) atoms. The maximum atomic E-state index is 12.1. The molecular weight excluding hydrogens is 394 g/mol. The summed E-state index contributed by atoms with van der Waals surface area (Å²) in [6.45, 7) is 9.54. The number of amides is 1. The minimum absolute atomic E-state index is 0.245. The molecule has 164 valence electrons. The molecule has 0 bridgehead atoms. The van der Waals surface area contributed by atoms with E-state index in [4.69, 9.17) is 11.6 Å². The lowest BCUT2D eigenvalue weighted by atomic mass is 9.44. The zero-order valence-corrected chi connectivity index (χ0v) is 19.6. The third-order valence-electron chi connectivity index (χ3n) is 10.2. The first kappa shape index (κ1) is 20.7. The topological polar surface area (TPSA) is 49.3 Å². The summed E-state index contributed by atoms with van der Waals surface area (Å²) in [7, 11) is 0. The smallest absolute Gasteiger partial charge is 0.220 e. The summed E-state index contributed by atoms with van der Waals surface area (Å²) in [6, 6.07) is 4.00. The molecule has 4 heteroatoms. The van der Waals surface area contributed by atoms with Crippen LogP contribution in [-0.2, 0) is 4.79 Å². The van der Waals surface area contributed by atoms with E-state index in [2.05, 4.69) is 33.0 Å². The summed E-state index contributed by atoms with van der Waals surface area (Å²) in [5, 5.41) is 14.3. The fraction of sp³-hybridized carbons (Fsp3) is 0.731. The van der Waals surface area contributed by atoms with Gasteiger partial charge < -0.3 is 10.4 Å². The summed E-state index contributed by atoms with van der Waals surface area (Å²) < 4.78 is 0. The van der Waals surface area contributed by atoms with Gasteiger partial charge in [-0.2, -0.15) is 0 Å². The van der Waals surface area contributed by atoms with Crippen LogP contribution in [0.5, 0.6) is 5.75 Å². The number of phenols is 1. The molecule has 5 rings (SSSR count). The lowest BCUT2D eigenvalue weighted by molar-refractivity contribution is -0.142. The van der Waals surface area contributed by atoms with Crippen LogP contribution in [0.2, 0.25) is 5.02 Å². The lowest BCUT2D eigenvalue weighted by Crippen LogP contribution is -2.62. The van der Waals surface area contributed by atoms with E-state index >= 15 is 0 Å². The number of hydrogen-bond acceptors (Lipinski definition) is 2. The van der Waals surface area contributed by atoms with Crippen molar-refractivity contribution >= 4 is 17.5 Å². The Kier molecular flexibility index (Phi) is 4.75. The molecule has 3 unspecified atom stereocenters. The van der Waals surface area contributed by atoms with Crippen LogP contribution in [0.1, 0.15) is 82.8 Å². The summed E-state index contributed by atoms with van der Waals surface area (Å²) in [4.78, 5) is 12.1. The third-order valence-corrected chi connectivity index (χ3v) is 10.6. The van der Waals surface area contributed by atoms with E-state index in [9.17, 15) is 9.90 Å². The van der Waals surface area contributed by atoms with Crippen molar-refractivity contribution in [1.82, 2.24) is 5.32 Å². The van der Waals surface area contributed by atoms with E-state index in [0.29, 0.717) is 46.9 Å². The molecule has 4 fully saturated rings. The van der Waals surface area contributed by atoms with E-state index in [1.807, 2.05) is 6.07 Å². The number of halogens is 1. The first-order chi connectivity index (χ1) is 14.1. The van der Waals surface area contributed by atoms with Crippen molar-refractivity contribution < 1.29 is 9.90 Å². The van der Waals surface area contributed by atoms with Crippen LogP contribution in [0, 0.1) is 41.4 Å². The molecule has 1 aromatic carbocycles. The van der Waals surface area contributed by atoms with Gasteiger partial charge in [-0.25, -0.2) is 0 Å². The van der Waals surface area contributed by atoms with Gasteiger partial charge in [0.1, 0.15) is 5.75 Å². The molecule has 3 saturated carbocycles. The normalized spacial score (nSPS) is 45.3. The van der Waals surface area contributed by atoms with E-state index in [1.54, 1.807) is 6.07 Å². The zero-order chi connectivity index (χ0) is 21.4. The molecule has 3 nitrogen and oxygen atoms in total. The van der Waals surface area contributed by atoms with Crippen molar-refractivity contribution in [3.8, 4) is 5.75 Å². The van der Waals surface area contributed by atoms with Gasteiger partial charge in [0.05, 0.1) is 0 Å². The van der Waals surface area contributed by atoms with Crippen molar-refractivity contribution in [2.45, 2.75) is 84.6 Å². The first-order valence-electron chi connectivity index (χ1n) is 11.9. The van der Waals surface area contributed by atoms with E-state index in [0.717, 1.165) is 24.3 Å². The van der Waals surface area contributed by atoms with Gasteiger partial charge in [0, 0.05) is 17.5 Å². The van der Waals surface area contributed by atoms with E-state index < -0.39 is 0 Å². The molecule has 1 amide bonds. The Labute approximate surface area is 186 Å². The molecule has 1 aliphatic heterocycles. The van der Waals surface area contributed by atoms with Crippen LogP contribution in [0.4, 0.5) is 0 Å². The molecule has 0 aromatic heterocycles. The van der Waals surface area contributed by atoms with Crippen molar-refractivity contribution in [3.05, 3.63) is 28.3 Å². The van der Waals surface area contributed by atoms with Crippen LogP contribution in [-0.4, -0.2) is 17.1 Å². The van der Waals surface area contributed by atoms with Crippen molar-refractivity contribution in [2.24, 2.45) is 34.5 Å². The highest BCUT2D eigenvalue weighted by molar-refractivity contribution is 6.31. The Bertz CT molecular complexity index is 884. The monoisotopic (exact) mass is 429 g/mol. The largest absolute Gasteiger partial charge is 0.508 e. The van der Waals surface area contributed by atoms with Crippen molar-refractivity contribution in [1.29, 1.82) is 0 Å². The zero-order valence-electron chi connectivity index (χ0n) is 18.8. The first-order valence-corrected chi connectivity index (χ1v) is 12.3. The Morgan fingerprint density at radius 1 is 1.10 bits per heavy atom. The van der Waals surface area contributed by atoms with Gasteiger partial charge in [0.2, 0.25) is 5.91 Å². The molecule has 0 spiro atoms. The molecular formula is C26H36ClNO2. The number of nitrogens with one attached hydrogen (secondary N) is 1. The maximum Gasteiger partial charge on any atom is 0.220 e. The second kappa shape index (κ2) is 6.89. The van der Waals surface area contributed by atoms with E-state index in [-0.39, 0.29) is 16.7 Å². The molecule has 3 aliphatic carbocycles. The highest BCUT2D eigenvalue weighted by atomic mass is 35.5. The third kappa shape index (κ3) is 2.80. The Balaban J connectivity index is 1.50. The number of carbonyl (C=O) groups excluding carboxylic acids is 1. The summed E-state index contributed by atoms with van der Waals surface area (Å²) in [6.07, 6.45) is 7.81. The molecule has 8 atom stereocenters. The van der Waals surface area contributed by atoms with E-state index in [1.165, 1.54) is 31.2 Å². The van der Waals surface area contributed by atoms with Gasteiger partial charge in [-0.1, -0.05) is 32.4 Å². The standard InChI is InChI=1S/C26H36ClNO2/c1-14-11-22-26(4,10-8-23(30)28-22)20-7-9-25(3)18(5-6-19(25)24(14)20)17-12-16(29)13-21(27)15(17)2/h12-14,18-20,22,24,29H,5-11H2,1-4H3,(H,28,30)/t14?,18?,19-,20+,22?,24-,25+,26+/m0/s1. The highest BCUT2D eigenvalue weighted by Gasteiger charge is 2.62. The molecule has 4 aliphatic rings. The molecule has 1 aromatic rings. The molecule has 2 N–H and O–H groups in total. The number of carbonyl (C=O) groups is 1. The van der Waals surface area contributed by atoms with Crippen LogP contribution in [0.3, 0.4) is 0 Å². The fourth-order valence-electron chi connectivity index (χ4n) is 8.60. The van der Waals surface area contributed by atoms with Gasteiger partial charge in [0.15, 0.2) is 0 Å². The number of fused-ring (bicyclic) bond motifs is 5. The quantitative estimate of drug-likeness (QED) is 0.557. The number of phenolic OH excluding ortho intramolecular Hbond substituents is 1. The Hall–Kier alpha value is -1.22. The number of piperidine rings is 1. The van der Waals surface area contributed by atoms with Gasteiger partial charge in [0.25, 0.3) is 0 Å². The fourth-order valence-corrected chi connectivity index (χ4v) is 8.83. The molecule has 1 saturated heterocycles. The van der Waals surface area contributed by atoms with Crippen LogP contribution in [0.15, 0.2) is 12.1 Å². The predicted octanol–water partition coefficient (Wildman–Crippen LogP) is 6.20. The van der Waals surface area contributed by atoms with Crippen molar-refractivity contribution in [3.63, 3.8) is 0 Å². The summed E-state index contributed by atoms with van der Waals surface area (Å²) in [5.74, 6) is 3.81. The number of benzene rings is 1. The summed E-state index contributed by atoms with van der Waals surface area (Å²) in [5.41, 5.74) is 2.91. The second-order valence-electron chi connectivity index (χ2n) is 11.4. The average Bonchev–Trinajstić information content (AvgIpc) is 3.03. The van der Waals surface area contributed by atoms with Crippen LogP contribution in [0.25, 0.3) is 0 Å². The minimum atomic E-state index is 0.245. The lowest BCUT2D eigenvalue weighted by Gasteiger charge is -2.62. The number of hydrogen-bond donors (Lipinski definition) is 2. The summed E-state index contributed by atoms with van der Waals surface area (Å²) >= 11 is 6.46. The van der Waals surface area contributed by atoms with Crippen LogP contribution >= 0.6 is 11.6 Å². The predicted molar refractivity (Wildman–Crippen MR) is 121 cm³/mol. The SMILES string of the molecule is Cc1c(Cl)cc(O)cc1C1CC[C@H]2[C@@H]3C(C)CC4NC(=O)CC[C@]4(C)[C@@H]3CC[C@]12C. The van der Waals surface area contributed by atoms with Crippen molar-refractivity contribution in [2.75, 3.05) is 0 Å². The molecule has 1 heterocycles.